The third-order valence-electron chi connectivity index (χ3n) is 3.07. The average Bonchev–Trinajstić information content (AvgIpc) is 2.61. The van der Waals surface area contributed by atoms with Crippen molar-refractivity contribution in [3.05, 3.63) is 59.1 Å². The highest BCUT2D eigenvalue weighted by Gasteiger charge is 2.14. The number of hydrogen-bond donors (Lipinski definition) is 2. The molecule has 0 aliphatic carbocycles. The van der Waals surface area contributed by atoms with Crippen LogP contribution >= 0.6 is 11.6 Å². The predicted molar refractivity (Wildman–Crippen MR) is 95.4 cm³/mol. The van der Waals surface area contributed by atoms with Crippen LogP contribution < -0.4 is 14.9 Å². The molecule has 2 rings (SSSR count). The molecule has 2 aromatic rings. The van der Waals surface area contributed by atoms with Gasteiger partial charge in [-0.2, -0.15) is 5.10 Å². The predicted octanol–water partition coefficient (Wildman–Crippen LogP) is 1.78. The number of nitrogens with one attached hydrogen (secondary N) is 2. The van der Waals surface area contributed by atoms with Gasteiger partial charge in [-0.1, -0.05) is 11.6 Å². The van der Waals surface area contributed by atoms with Crippen molar-refractivity contribution in [3.8, 4) is 5.75 Å². The van der Waals surface area contributed by atoms with Crippen LogP contribution in [0.2, 0.25) is 5.02 Å². The lowest BCUT2D eigenvalue weighted by Crippen LogP contribution is -2.34. The van der Waals surface area contributed by atoms with Gasteiger partial charge in [0.1, 0.15) is 5.75 Å². The van der Waals surface area contributed by atoms with Gasteiger partial charge in [0.25, 0.3) is 5.91 Å². The molecule has 0 radical (unpaired) electrons. The van der Waals surface area contributed by atoms with Gasteiger partial charge in [0.05, 0.1) is 24.8 Å². The van der Waals surface area contributed by atoms with Crippen molar-refractivity contribution in [2.24, 2.45) is 5.10 Å². The van der Waals surface area contributed by atoms with Gasteiger partial charge in [0.15, 0.2) is 0 Å². The van der Waals surface area contributed by atoms with Crippen LogP contribution in [0.25, 0.3) is 0 Å². The minimum atomic E-state index is -3.79. The molecule has 7 nitrogen and oxygen atoms in total. The van der Waals surface area contributed by atoms with Crippen LogP contribution in [-0.4, -0.2) is 34.2 Å². The van der Waals surface area contributed by atoms with Gasteiger partial charge >= 0.3 is 0 Å². The number of halogens is 1. The molecule has 0 saturated heterocycles. The fourth-order valence-electron chi connectivity index (χ4n) is 1.77. The smallest absolute Gasteiger partial charge is 0.255 e. The lowest BCUT2D eigenvalue weighted by atomic mass is 10.2. The lowest BCUT2D eigenvalue weighted by Gasteiger charge is -2.06. The summed E-state index contributed by atoms with van der Waals surface area (Å²) in [5.74, 6) is 0.111. The Balaban J connectivity index is 1.85. The molecule has 0 spiro atoms. The van der Waals surface area contributed by atoms with E-state index >= 15 is 0 Å². The van der Waals surface area contributed by atoms with Crippen molar-refractivity contribution in [3.63, 3.8) is 0 Å². The van der Waals surface area contributed by atoms with Gasteiger partial charge in [-0.15, -0.1) is 0 Å². The molecule has 0 aromatic heterocycles. The Labute approximate surface area is 150 Å². The molecule has 132 valence electrons. The van der Waals surface area contributed by atoms with E-state index in [1.807, 2.05) is 0 Å². The lowest BCUT2D eigenvalue weighted by molar-refractivity contribution is -0.119. The van der Waals surface area contributed by atoms with Crippen LogP contribution in [0.1, 0.15) is 5.56 Å². The molecule has 0 atom stereocenters. The summed E-state index contributed by atoms with van der Waals surface area (Å²) in [6.07, 6.45) is 1.44. The van der Waals surface area contributed by atoms with Gasteiger partial charge in [-0.25, -0.2) is 18.6 Å². The highest BCUT2D eigenvalue weighted by Crippen LogP contribution is 2.13. The Morgan fingerprint density at radius 2 is 1.80 bits per heavy atom. The molecule has 0 aliphatic heterocycles. The van der Waals surface area contributed by atoms with E-state index in [1.54, 1.807) is 31.4 Å². The summed E-state index contributed by atoms with van der Waals surface area (Å²) in [6.45, 7) is -0.440. The molecule has 0 fully saturated rings. The SMILES string of the molecule is COc1ccc(C=NNC(=O)CNS(=O)(=O)c2ccc(Cl)cc2)cc1. The van der Waals surface area contributed by atoms with Gasteiger partial charge in [-0.05, 0) is 54.1 Å². The zero-order chi connectivity index (χ0) is 18.3. The van der Waals surface area contributed by atoms with Gasteiger partial charge in [-0.3, -0.25) is 4.79 Å². The fourth-order valence-corrected chi connectivity index (χ4v) is 2.87. The third kappa shape index (κ3) is 5.86. The molecule has 0 bridgehead atoms. The van der Waals surface area contributed by atoms with E-state index in [4.69, 9.17) is 16.3 Å². The molecule has 25 heavy (non-hydrogen) atoms. The van der Waals surface area contributed by atoms with Crippen molar-refractivity contribution in [1.29, 1.82) is 0 Å². The number of methoxy groups -OCH3 is 1. The zero-order valence-electron chi connectivity index (χ0n) is 13.3. The highest BCUT2D eigenvalue weighted by atomic mass is 35.5. The molecular formula is C16H16ClN3O4S. The Morgan fingerprint density at radius 3 is 2.40 bits per heavy atom. The summed E-state index contributed by atoms with van der Waals surface area (Å²) in [5, 5.41) is 4.19. The summed E-state index contributed by atoms with van der Waals surface area (Å²) < 4.78 is 31.3. The average molecular weight is 382 g/mol. The summed E-state index contributed by atoms with van der Waals surface area (Å²) in [4.78, 5) is 11.7. The van der Waals surface area contributed by atoms with Crippen molar-refractivity contribution in [2.45, 2.75) is 4.90 Å². The fraction of sp³-hybridized carbons (Fsp3) is 0.125. The number of sulfonamides is 1. The van der Waals surface area contributed by atoms with E-state index in [1.165, 1.54) is 30.5 Å². The molecular weight excluding hydrogens is 366 g/mol. The largest absolute Gasteiger partial charge is 0.497 e. The van der Waals surface area contributed by atoms with Crippen LogP contribution in [0.4, 0.5) is 0 Å². The van der Waals surface area contributed by atoms with E-state index in [9.17, 15) is 13.2 Å². The quantitative estimate of drug-likeness (QED) is 0.564. The first-order valence-electron chi connectivity index (χ1n) is 7.12. The molecule has 2 aromatic carbocycles. The first-order chi connectivity index (χ1) is 11.9. The number of hydrazone groups is 1. The number of benzene rings is 2. The molecule has 0 aliphatic rings. The number of ether oxygens (including phenoxy) is 1. The highest BCUT2D eigenvalue weighted by molar-refractivity contribution is 7.89. The standard InChI is InChI=1S/C16H16ClN3O4S/c1-24-14-6-2-12(3-7-14)10-18-20-16(21)11-19-25(22,23)15-8-4-13(17)5-9-15/h2-10,19H,11H2,1H3,(H,20,21). The molecule has 0 unspecified atom stereocenters. The van der Waals surface area contributed by atoms with E-state index in [0.717, 1.165) is 5.56 Å². The molecule has 1 amide bonds. The first-order valence-corrected chi connectivity index (χ1v) is 8.98. The van der Waals surface area contributed by atoms with Gasteiger partial charge in [0, 0.05) is 5.02 Å². The maximum absolute atomic E-state index is 12.0. The minimum Gasteiger partial charge on any atom is -0.497 e. The Hall–Kier alpha value is -2.42. The molecule has 0 saturated carbocycles. The van der Waals surface area contributed by atoms with Crippen molar-refractivity contribution >= 4 is 33.7 Å². The van der Waals surface area contributed by atoms with Crippen molar-refractivity contribution < 1.29 is 17.9 Å². The van der Waals surface area contributed by atoms with Crippen LogP contribution in [-0.2, 0) is 14.8 Å². The van der Waals surface area contributed by atoms with E-state index in [2.05, 4.69) is 15.2 Å². The first kappa shape index (κ1) is 18.9. The topological polar surface area (TPSA) is 96.9 Å². The summed E-state index contributed by atoms with van der Waals surface area (Å²) >= 11 is 5.71. The second-order valence-electron chi connectivity index (χ2n) is 4.84. The second-order valence-corrected chi connectivity index (χ2v) is 7.05. The normalized spacial score (nSPS) is 11.4. The Kier molecular flexibility index (Phi) is 6.51. The van der Waals surface area contributed by atoms with Crippen molar-refractivity contribution in [1.82, 2.24) is 10.1 Å². The van der Waals surface area contributed by atoms with Crippen molar-refractivity contribution in [2.75, 3.05) is 13.7 Å². The summed E-state index contributed by atoms with van der Waals surface area (Å²) in [6, 6.07) is 12.6. The van der Waals surface area contributed by atoms with E-state index in [0.29, 0.717) is 10.8 Å². The maximum atomic E-state index is 12.0. The van der Waals surface area contributed by atoms with E-state index < -0.39 is 22.5 Å². The number of carbonyl (C=O) groups is 1. The van der Waals surface area contributed by atoms with Crippen LogP contribution in [0.5, 0.6) is 5.75 Å². The second kappa shape index (κ2) is 8.61. The van der Waals surface area contributed by atoms with E-state index in [-0.39, 0.29) is 4.90 Å². The summed E-state index contributed by atoms with van der Waals surface area (Å²) in [7, 11) is -2.23. The minimum absolute atomic E-state index is 0.0198. The number of rotatable bonds is 7. The number of carbonyl (C=O) groups excluding carboxylic acids is 1. The summed E-state index contributed by atoms with van der Waals surface area (Å²) in [5.41, 5.74) is 3.00. The van der Waals surface area contributed by atoms with Crippen LogP contribution in [0.3, 0.4) is 0 Å². The van der Waals surface area contributed by atoms with Crippen LogP contribution in [0, 0.1) is 0 Å². The van der Waals surface area contributed by atoms with Crippen LogP contribution in [0.15, 0.2) is 58.5 Å². The number of nitrogens with zero attached hydrogens (tertiary/aromatic N) is 1. The number of amides is 1. The van der Waals surface area contributed by atoms with Gasteiger partial charge in [0.2, 0.25) is 10.0 Å². The van der Waals surface area contributed by atoms with Gasteiger partial charge < -0.3 is 4.74 Å². The molecule has 9 heteroatoms. The Bertz CT molecular complexity index is 850. The zero-order valence-corrected chi connectivity index (χ0v) is 14.8. The Morgan fingerprint density at radius 1 is 1.16 bits per heavy atom. The number of hydrogen-bond acceptors (Lipinski definition) is 5. The third-order valence-corrected chi connectivity index (χ3v) is 4.73. The molecule has 0 heterocycles. The molecule has 2 N–H and O–H groups in total. The maximum Gasteiger partial charge on any atom is 0.255 e. The monoisotopic (exact) mass is 381 g/mol.